The first-order valence-corrected chi connectivity index (χ1v) is 6.37. The summed E-state index contributed by atoms with van der Waals surface area (Å²) in [6.07, 6.45) is 1.68. The number of thiophene rings is 1. The molecule has 1 aliphatic rings. The lowest BCUT2D eigenvalue weighted by Crippen LogP contribution is -2.08. The van der Waals surface area contributed by atoms with Crippen LogP contribution in [0.15, 0.2) is 15.9 Å². The first kappa shape index (κ1) is 10.4. The van der Waals surface area contributed by atoms with Crippen LogP contribution in [0.4, 0.5) is 0 Å². The molecule has 1 atom stereocenters. The van der Waals surface area contributed by atoms with Crippen molar-refractivity contribution in [3.8, 4) is 0 Å². The predicted molar refractivity (Wildman–Crippen MR) is 62.6 cm³/mol. The van der Waals surface area contributed by atoms with Crippen LogP contribution in [-0.2, 0) is 11.2 Å². The van der Waals surface area contributed by atoms with E-state index in [0.29, 0.717) is 18.1 Å². The fraction of sp³-hybridized carbons (Fsp3) is 0.545. The maximum absolute atomic E-state index is 11.8. The Morgan fingerprint density at radius 2 is 2.29 bits per heavy atom. The van der Waals surface area contributed by atoms with Crippen molar-refractivity contribution in [3.05, 3.63) is 20.8 Å². The Hall–Kier alpha value is -0.150. The Balaban J connectivity index is 1.96. The molecule has 1 fully saturated rings. The average Bonchev–Trinajstić information content (AvgIpc) is 2.51. The number of rotatable bonds is 3. The van der Waals surface area contributed by atoms with Gasteiger partial charge in [-0.3, -0.25) is 4.79 Å². The molecule has 1 aromatic heterocycles. The van der Waals surface area contributed by atoms with Gasteiger partial charge in [-0.1, -0.05) is 13.8 Å². The highest BCUT2D eigenvalue weighted by atomic mass is 79.9. The Morgan fingerprint density at radius 1 is 1.64 bits per heavy atom. The van der Waals surface area contributed by atoms with Crippen LogP contribution in [0.5, 0.6) is 0 Å². The van der Waals surface area contributed by atoms with E-state index in [4.69, 9.17) is 0 Å². The Morgan fingerprint density at radius 3 is 2.71 bits per heavy atom. The van der Waals surface area contributed by atoms with E-state index in [1.165, 1.54) is 4.88 Å². The lowest BCUT2D eigenvalue weighted by molar-refractivity contribution is -0.120. The van der Waals surface area contributed by atoms with Crippen LogP contribution in [0.1, 0.15) is 25.1 Å². The number of Topliss-reactive ketones (excluding diaryl/α,β-unsaturated/α-hetero) is 1. The summed E-state index contributed by atoms with van der Waals surface area (Å²) in [6.45, 7) is 4.33. The molecule has 0 amide bonds. The van der Waals surface area contributed by atoms with Crippen LogP contribution in [0.2, 0.25) is 0 Å². The summed E-state index contributed by atoms with van der Waals surface area (Å²) < 4.78 is 1.11. The molecule has 1 saturated carbocycles. The molecule has 0 saturated heterocycles. The molecule has 3 heteroatoms. The van der Waals surface area contributed by atoms with Gasteiger partial charge in [-0.2, -0.15) is 0 Å². The van der Waals surface area contributed by atoms with Crippen LogP contribution < -0.4 is 0 Å². The highest BCUT2D eigenvalue weighted by Gasteiger charge is 2.49. The number of hydrogen-bond donors (Lipinski definition) is 0. The van der Waals surface area contributed by atoms with E-state index >= 15 is 0 Å². The predicted octanol–water partition coefficient (Wildman–Crippen LogP) is 3.67. The number of ketones is 1. The number of carbonyl (C=O) groups excluding carboxylic acids is 1. The Kier molecular flexibility index (Phi) is 2.56. The van der Waals surface area contributed by atoms with Crippen molar-refractivity contribution in [2.75, 3.05) is 0 Å². The molecule has 1 nitrogen and oxygen atoms in total. The molecule has 1 aromatic rings. The highest BCUT2D eigenvalue weighted by Crippen LogP contribution is 2.52. The third-order valence-electron chi connectivity index (χ3n) is 2.88. The summed E-state index contributed by atoms with van der Waals surface area (Å²) >= 11 is 5.06. The van der Waals surface area contributed by atoms with E-state index in [9.17, 15) is 4.79 Å². The van der Waals surface area contributed by atoms with Crippen LogP contribution in [-0.4, -0.2) is 5.78 Å². The average molecular weight is 273 g/mol. The van der Waals surface area contributed by atoms with Crippen LogP contribution in [0.25, 0.3) is 0 Å². The van der Waals surface area contributed by atoms with Crippen molar-refractivity contribution in [2.45, 2.75) is 26.7 Å². The van der Waals surface area contributed by atoms with Gasteiger partial charge in [0.2, 0.25) is 0 Å². The Bertz CT molecular complexity index is 367. The lowest BCUT2D eigenvalue weighted by atomic mass is 10.0. The first-order chi connectivity index (χ1) is 6.49. The summed E-state index contributed by atoms with van der Waals surface area (Å²) in [5, 5.41) is 0. The van der Waals surface area contributed by atoms with Crippen molar-refractivity contribution in [2.24, 2.45) is 11.3 Å². The first-order valence-electron chi connectivity index (χ1n) is 4.76. The molecular weight excluding hydrogens is 260 g/mol. The molecule has 1 aliphatic carbocycles. The van der Waals surface area contributed by atoms with E-state index in [1.54, 1.807) is 11.3 Å². The summed E-state index contributed by atoms with van der Waals surface area (Å²) in [6, 6.07) is 4.04. The largest absolute Gasteiger partial charge is 0.299 e. The molecule has 0 aliphatic heterocycles. The van der Waals surface area contributed by atoms with E-state index in [-0.39, 0.29) is 5.41 Å². The quantitative estimate of drug-likeness (QED) is 0.821. The van der Waals surface area contributed by atoms with E-state index in [1.807, 2.05) is 12.1 Å². The topological polar surface area (TPSA) is 17.1 Å². The van der Waals surface area contributed by atoms with E-state index in [2.05, 4.69) is 29.8 Å². The molecule has 0 aromatic carbocycles. The maximum atomic E-state index is 11.8. The second kappa shape index (κ2) is 3.46. The van der Waals surface area contributed by atoms with Crippen molar-refractivity contribution in [1.82, 2.24) is 0 Å². The molecule has 0 bridgehead atoms. The zero-order valence-corrected chi connectivity index (χ0v) is 10.7. The van der Waals surface area contributed by atoms with Crippen molar-refractivity contribution >= 4 is 33.0 Å². The van der Waals surface area contributed by atoms with E-state index < -0.39 is 0 Å². The molecule has 1 heterocycles. The van der Waals surface area contributed by atoms with Gasteiger partial charge in [0.15, 0.2) is 0 Å². The minimum atomic E-state index is 0.269. The SMILES string of the molecule is CC1(C)CC1C(=O)Cc1ccc(Br)s1. The van der Waals surface area contributed by atoms with Gasteiger partial charge in [-0.25, -0.2) is 0 Å². The molecular formula is C11H13BrOS. The second-order valence-electron chi connectivity index (χ2n) is 4.59. The van der Waals surface area contributed by atoms with Gasteiger partial charge in [0.1, 0.15) is 5.78 Å². The van der Waals surface area contributed by atoms with Crippen molar-refractivity contribution < 1.29 is 4.79 Å². The van der Waals surface area contributed by atoms with Crippen molar-refractivity contribution in [1.29, 1.82) is 0 Å². The monoisotopic (exact) mass is 272 g/mol. The van der Waals surface area contributed by atoms with Gasteiger partial charge in [-0.15, -0.1) is 11.3 Å². The third-order valence-corrected chi connectivity index (χ3v) is 4.50. The van der Waals surface area contributed by atoms with Crippen LogP contribution in [0, 0.1) is 11.3 Å². The molecule has 1 unspecified atom stereocenters. The molecule has 2 rings (SSSR count). The molecule has 76 valence electrons. The summed E-state index contributed by atoms with van der Waals surface area (Å²) in [5.41, 5.74) is 0.269. The highest BCUT2D eigenvalue weighted by molar-refractivity contribution is 9.11. The van der Waals surface area contributed by atoms with Crippen molar-refractivity contribution in [3.63, 3.8) is 0 Å². The number of hydrogen-bond acceptors (Lipinski definition) is 2. The van der Waals surface area contributed by atoms with Gasteiger partial charge in [0, 0.05) is 17.2 Å². The van der Waals surface area contributed by atoms with E-state index in [0.717, 1.165) is 10.2 Å². The molecule has 0 N–H and O–H groups in total. The number of carbonyl (C=O) groups is 1. The normalized spacial score (nSPS) is 23.5. The standard InChI is InChI=1S/C11H13BrOS/c1-11(2)6-8(11)9(13)5-7-3-4-10(12)14-7/h3-4,8H,5-6H2,1-2H3. The van der Waals surface area contributed by atoms with Crippen LogP contribution in [0.3, 0.4) is 0 Å². The van der Waals surface area contributed by atoms with Crippen LogP contribution >= 0.6 is 27.3 Å². The molecule has 14 heavy (non-hydrogen) atoms. The zero-order chi connectivity index (χ0) is 10.3. The minimum Gasteiger partial charge on any atom is -0.299 e. The smallest absolute Gasteiger partial charge is 0.141 e. The van der Waals surface area contributed by atoms with Gasteiger partial charge < -0.3 is 0 Å². The zero-order valence-electron chi connectivity index (χ0n) is 8.34. The van der Waals surface area contributed by atoms with Gasteiger partial charge in [0.05, 0.1) is 3.79 Å². The minimum absolute atomic E-state index is 0.269. The lowest BCUT2D eigenvalue weighted by Gasteiger charge is -2.00. The molecule has 0 spiro atoms. The van der Waals surface area contributed by atoms with Gasteiger partial charge in [-0.05, 0) is 39.9 Å². The second-order valence-corrected chi connectivity index (χ2v) is 7.14. The Labute approximate surface area is 96.6 Å². The number of halogens is 1. The fourth-order valence-corrected chi connectivity index (χ4v) is 3.25. The summed E-state index contributed by atoms with van der Waals surface area (Å²) in [5.74, 6) is 0.715. The third kappa shape index (κ3) is 2.09. The maximum Gasteiger partial charge on any atom is 0.141 e. The summed E-state index contributed by atoms with van der Waals surface area (Å²) in [4.78, 5) is 13.0. The van der Waals surface area contributed by atoms with Gasteiger partial charge in [0.25, 0.3) is 0 Å². The summed E-state index contributed by atoms with van der Waals surface area (Å²) in [7, 11) is 0. The van der Waals surface area contributed by atoms with Gasteiger partial charge >= 0.3 is 0 Å². The molecule has 0 radical (unpaired) electrons. The fourth-order valence-electron chi connectivity index (χ4n) is 1.76.